The number of carbonyl (C=O) groups excluding carboxylic acids is 1. The average Bonchev–Trinajstić information content (AvgIpc) is 2.59. The van der Waals surface area contributed by atoms with Crippen molar-refractivity contribution in [1.82, 2.24) is 20.0 Å². The van der Waals surface area contributed by atoms with Crippen molar-refractivity contribution in [3.63, 3.8) is 0 Å². The van der Waals surface area contributed by atoms with Gasteiger partial charge in [0.2, 0.25) is 5.91 Å². The summed E-state index contributed by atoms with van der Waals surface area (Å²) in [5.74, 6) is 1.16. The SMILES string of the molecule is CCNC(=NCC(C)(C)N1CCCCC1)N1CCN(C(C)=O)CC1. The Morgan fingerprint density at radius 1 is 1.00 bits per heavy atom. The highest BCUT2D eigenvalue weighted by molar-refractivity contribution is 5.80. The van der Waals surface area contributed by atoms with Crippen LogP contribution in [0.25, 0.3) is 0 Å². The van der Waals surface area contributed by atoms with E-state index in [2.05, 4.69) is 35.9 Å². The van der Waals surface area contributed by atoms with Crippen molar-refractivity contribution in [3.05, 3.63) is 0 Å². The first kappa shape index (κ1) is 19.0. The number of rotatable bonds is 4. The summed E-state index contributed by atoms with van der Waals surface area (Å²) in [6.45, 7) is 15.7. The molecule has 2 aliphatic rings. The van der Waals surface area contributed by atoms with Gasteiger partial charge < -0.3 is 15.1 Å². The topological polar surface area (TPSA) is 51.2 Å². The molecule has 6 heteroatoms. The van der Waals surface area contributed by atoms with Crippen molar-refractivity contribution in [3.8, 4) is 0 Å². The lowest BCUT2D eigenvalue weighted by Gasteiger charge is -2.41. The van der Waals surface area contributed by atoms with Crippen molar-refractivity contribution < 1.29 is 4.79 Å². The van der Waals surface area contributed by atoms with E-state index >= 15 is 0 Å². The number of amides is 1. The number of hydrogen-bond donors (Lipinski definition) is 1. The van der Waals surface area contributed by atoms with E-state index in [9.17, 15) is 4.79 Å². The Labute approximate surface area is 147 Å². The molecule has 138 valence electrons. The Morgan fingerprint density at radius 2 is 1.58 bits per heavy atom. The molecule has 6 nitrogen and oxygen atoms in total. The number of piperidine rings is 1. The van der Waals surface area contributed by atoms with Crippen LogP contribution in [0.1, 0.15) is 47.0 Å². The summed E-state index contributed by atoms with van der Waals surface area (Å²) in [5.41, 5.74) is 0.0995. The number of nitrogens with one attached hydrogen (secondary N) is 1. The minimum Gasteiger partial charge on any atom is -0.357 e. The Balaban J connectivity index is 1.96. The van der Waals surface area contributed by atoms with Gasteiger partial charge in [0, 0.05) is 45.2 Å². The van der Waals surface area contributed by atoms with Crippen LogP contribution in [0, 0.1) is 0 Å². The van der Waals surface area contributed by atoms with Crippen molar-refractivity contribution >= 4 is 11.9 Å². The number of piperazine rings is 1. The van der Waals surface area contributed by atoms with Crippen LogP contribution >= 0.6 is 0 Å². The third kappa shape index (κ3) is 5.10. The summed E-state index contributed by atoms with van der Waals surface area (Å²) in [6.07, 6.45) is 3.97. The minimum absolute atomic E-state index is 0.0995. The highest BCUT2D eigenvalue weighted by Gasteiger charge is 2.28. The van der Waals surface area contributed by atoms with Crippen LogP contribution in [0.4, 0.5) is 0 Å². The maximum atomic E-state index is 11.5. The summed E-state index contributed by atoms with van der Waals surface area (Å²) < 4.78 is 0. The molecule has 2 fully saturated rings. The normalized spacial score (nSPS) is 21.1. The van der Waals surface area contributed by atoms with Crippen LogP contribution in [-0.4, -0.2) is 84.5 Å². The fraction of sp³-hybridized carbons (Fsp3) is 0.889. The number of carbonyl (C=O) groups is 1. The predicted molar refractivity (Wildman–Crippen MR) is 99.3 cm³/mol. The zero-order valence-corrected chi connectivity index (χ0v) is 16.0. The van der Waals surface area contributed by atoms with Crippen LogP contribution in [0.15, 0.2) is 4.99 Å². The van der Waals surface area contributed by atoms with Gasteiger partial charge in [-0.25, -0.2) is 0 Å². The predicted octanol–water partition coefficient (Wildman–Crippen LogP) is 1.38. The molecule has 2 heterocycles. The van der Waals surface area contributed by atoms with Gasteiger partial charge in [-0.1, -0.05) is 6.42 Å². The maximum Gasteiger partial charge on any atom is 0.219 e. The number of hydrogen-bond acceptors (Lipinski definition) is 3. The molecular formula is C18H35N5O. The summed E-state index contributed by atoms with van der Waals surface area (Å²) in [6, 6.07) is 0. The zero-order valence-electron chi connectivity index (χ0n) is 16.0. The van der Waals surface area contributed by atoms with Crippen LogP contribution in [0.5, 0.6) is 0 Å². The third-order valence-corrected chi connectivity index (χ3v) is 5.19. The van der Waals surface area contributed by atoms with E-state index < -0.39 is 0 Å². The van der Waals surface area contributed by atoms with Gasteiger partial charge >= 0.3 is 0 Å². The van der Waals surface area contributed by atoms with Crippen LogP contribution < -0.4 is 5.32 Å². The third-order valence-electron chi connectivity index (χ3n) is 5.19. The minimum atomic E-state index is 0.0995. The van der Waals surface area contributed by atoms with Crippen LogP contribution in [-0.2, 0) is 4.79 Å². The first-order valence-electron chi connectivity index (χ1n) is 9.48. The van der Waals surface area contributed by atoms with Crippen LogP contribution in [0.2, 0.25) is 0 Å². The molecule has 0 saturated carbocycles. The molecule has 2 aliphatic heterocycles. The fourth-order valence-corrected chi connectivity index (χ4v) is 3.53. The highest BCUT2D eigenvalue weighted by atomic mass is 16.2. The van der Waals surface area contributed by atoms with E-state index in [0.717, 1.165) is 45.2 Å². The highest BCUT2D eigenvalue weighted by Crippen LogP contribution is 2.21. The van der Waals surface area contributed by atoms with Gasteiger partial charge in [0.15, 0.2) is 5.96 Å². The molecular weight excluding hydrogens is 302 g/mol. The zero-order chi connectivity index (χ0) is 17.6. The molecule has 0 aliphatic carbocycles. The Hall–Kier alpha value is -1.30. The summed E-state index contributed by atoms with van der Waals surface area (Å²) in [5, 5.41) is 3.43. The molecule has 0 aromatic carbocycles. The van der Waals surface area contributed by atoms with Crippen molar-refractivity contribution in [2.45, 2.75) is 52.5 Å². The second kappa shape index (κ2) is 8.70. The maximum absolute atomic E-state index is 11.5. The van der Waals surface area contributed by atoms with Gasteiger partial charge in [-0.3, -0.25) is 14.7 Å². The molecule has 0 atom stereocenters. The van der Waals surface area contributed by atoms with Gasteiger partial charge in [0.05, 0.1) is 6.54 Å². The summed E-state index contributed by atoms with van der Waals surface area (Å²) in [4.78, 5) is 23.2. The standard InChI is InChI=1S/C18H35N5O/c1-5-19-17(22-13-11-21(12-14-22)16(2)24)20-15-18(3,4)23-9-7-6-8-10-23/h5-15H2,1-4H3,(H,19,20). The smallest absolute Gasteiger partial charge is 0.219 e. The Kier molecular flexibility index (Phi) is 6.90. The quantitative estimate of drug-likeness (QED) is 0.622. The number of guanidine groups is 1. The molecule has 2 rings (SSSR count). The molecule has 0 aromatic heterocycles. The monoisotopic (exact) mass is 337 g/mol. The van der Waals surface area contributed by atoms with Crippen LogP contribution in [0.3, 0.4) is 0 Å². The molecule has 2 saturated heterocycles. The van der Waals surface area contributed by atoms with E-state index in [1.165, 1.54) is 32.4 Å². The van der Waals surface area contributed by atoms with Gasteiger partial charge in [-0.05, 0) is 46.7 Å². The average molecular weight is 338 g/mol. The van der Waals surface area contributed by atoms with E-state index in [1.807, 2.05) is 4.90 Å². The first-order valence-corrected chi connectivity index (χ1v) is 9.48. The van der Waals surface area contributed by atoms with E-state index in [-0.39, 0.29) is 11.4 Å². The second-order valence-electron chi connectivity index (χ2n) is 7.52. The lowest BCUT2D eigenvalue weighted by molar-refractivity contribution is -0.130. The van der Waals surface area contributed by atoms with E-state index in [1.54, 1.807) is 6.92 Å². The molecule has 0 spiro atoms. The van der Waals surface area contributed by atoms with Gasteiger partial charge in [0.1, 0.15) is 0 Å². The second-order valence-corrected chi connectivity index (χ2v) is 7.52. The molecule has 24 heavy (non-hydrogen) atoms. The summed E-state index contributed by atoms with van der Waals surface area (Å²) in [7, 11) is 0. The molecule has 0 bridgehead atoms. The Morgan fingerprint density at radius 3 is 2.12 bits per heavy atom. The molecule has 0 radical (unpaired) electrons. The lowest BCUT2D eigenvalue weighted by Crippen LogP contribution is -2.54. The molecule has 1 amide bonds. The Bertz CT molecular complexity index is 435. The van der Waals surface area contributed by atoms with Crippen molar-refractivity contribution in [1.29, 1.82) is 0 Å². The largest absolute Gasteiger partial charge is 0.357 e. The van der Waals surface area contributed by atoms with Gasteiger partial charge in [-0.15, -0.1) is 0 Å². The molecule has 1 N–H and O–H groups in total. The molecule has 0 aromatic rings. The van der Waals surface area contributed by atoms with E-state index in [0.29, 0.717) is 0 Å². The van der Waals surface area contributed by atoms with Crippen molar-refractivity contribution in [2.75, 3.05) is 52.4 Å². The van der Waals surface area contributed by atoms with Gasteiger partial charge in [-0.2, -0.15) is 0 Å². The number of aliphatic imine (C=N–C) groups is 1. The summed E-state index contributed by atoms with van der Waals surface area (Å²) >= 11 is 0. The number of likely N-dealkylation sites (tertiary alicyclic amines) is 1. The van der Waals surface area contributed by atoms with Gasteiger partial charge in [0.25, 0.3) is 0 Å². The fourth-order valence-electron chi connectivity index (χ4n) is 3.53. The van der Waals surface area contributed by atoms with Crippen molar-refractivity contribution in [2.24, 2.45) is 4.99 Å². The van der Waals surface area contributed by atoms with E-state index in [4.69, 9.17) is 4.99 Å². The molecule has 0 unspecified atom stereocenters. The number of nitrogens with zero attached hydrogens (tertiary/aromatic N) is 4. The lowest BCUT2D eigenvalue weighted by atomic mass is 9.99. The first-order chi connectivity index (χ1) is 11.4.